The molecule has 0 radical (unpaired) electrons. The number of rotatable bonds is 6. The van der Waals surface area contributed by atoms with E-state index in [-0.39, 0.29) is 18.3 Å². The van der Waals surface area contributed by atoms with Gasteiger partial charge in [-0.15, -0.1) is 0 Å². The number of allylic oxidation sites excluding steroid dienone is 2. The highest BCUT2D eigenvalue weighted by molar-refractivity contribution is 6.10. The molecular weight excluding hydrogens is 366 g/mol. The second-order valence-electron chi connectivity index (χ2n) is 7.33. The molecule has 0 saturated heterocycles. The van der Waals surface area contributed by atoms with E-state index in [1.165, 1.54) is 0 Å². The zero-order valence-corrected chi connectivity index (χ0v) is 17.3. The summed E-state index contributed by atoms with van der Waals surface area (Å²) >= 11 is 0. The zero-order valence-electron chi connectivity index (χ0n) is 17.3. The van der Waals surface area contributed by atoms with Gasteiger partial charge >= 0.3 is 5.97 Å². The molecule has 0 aliphatic heterocycles. The van der Waals surface area contributed by atoms with Crippen molar-refractivity contribution in [1.29, 1.82) is 0 Å². The second-order valence-corrected chi connectivity index (χ2v) is 7.33. The third kappa shape index (κ3) is 4.50. The number of nitrogens with zero attached hydrogens (tertiary/aromatic N) is 1. The summed E-state index contributed by atoms with van der Waals surface area (Å²) in [5, 5.41) is 0. The Labute approximate surface area is 171 Å². The largest absolute Gasteiger partial charge is 0.497 e. The molecule has 2 aromatic rings. The van der Waals surface area contributed by atoms with Crippen LogP contribution in [-0.4, -0.2) is 39.6 Å². The summed E-state index contributed by atoms with van der Waals surface area (Å²) in [6.45, 7) is 2.00. The van der Waals surface area contributed by atoms with E-state index in [0.717, 1.165) is 28.1 Å². The van der Waals surface area contributed by atoms with Crippen LogP contribution in [0, 0.1) is 5.92 Å². The van der Waals surface area contributed by atoms with Crippen LogP contribution in [0.4, 0.5) is 5.69 Å². The van der Waals surface area contributed by atoms with E-state index in [4.69, 9.17) is 9.47 Å². The van der Waals surface area contributed by atoms with Gasteiger partial charge in [-0.1, -0.05) is 24.3 Å². The molecule has 3 rings (SSSR count). The van der Waals surface area contributed by atoms with Crippen LogP contribution in [-0.2, 0) is 14.3 Å². The monoisotopic (exact) mass is 393 g/mol. The van der Waals surface area contributed by atoms with Crippen molar-refractivity contribution in [3.8, 4) is 5.75 Å². The molecule has 29 heavy (non-hydrogen) atoms. The van der Waals surface area contributed by atoms with Crippen LogP contribution < -0.4 is 9.64 Å². The Balaban J connectivity index is 2.01. The van der Waals surface area contributed by atoms with Gasteiger partial charge in [0.1, 0.15) is 11.7 Å². The van der Waals surface area contributed by atoms with Crippen molar-refractivity contribution < 1.29 is 19.1 Å². The number of methoxy groups -OCH3 is 1. The van der Waals surface area contributed by atoms with Gasteiger partial charge in [-0.3, -0.25) is 9.59 Å². The van der Waals surface area contributed by atoms with Crippen molar-refractivity contribution >= 4 is 23.0 Å². The Morgan fingerprint density at radius 3 is 2.48 bits per heavy atom. The summed E-state index contributed by atoms with van der Waals surface area (Å²) in [5.74, 6) is -1.04. The van der Waals surface area contributed by atoms with Crippen molar-refractivity contribution in [2.24, 2.45) is 5.92 Å². The van der Waals surface area contributed by atoms with Crippen molar-refractivity contribution in [3.63, 3.8) is 0 Å². The highest BCUT2D eigenvalue weighted by Crippen LogP contribution is 2.41. The highest BCUT2D eigenvalue weighted by atomic mass is 16.5. The minimum Gasteiger partial charge on any atom is -0.497 e. The summed E-state index contributed by atoms with van der Waals surface area (Å²) in [6, 6.07) is 15.6. The fourth-order valence-corrected chi connectivity index (χ4v) is 3.74. The van der Waals surface area contributed by atoms with Crippen molar-refractivity contribution in [2.75, 3.05) is 32.7 Å². The normalized spacial score (nSPS) is 18.8. The number of hydrogen-bond donors (Lipinski definition) is 0. The first-order valence-corrected chi connectivity index (χ1v) is 9.77. The molecule has 5 heteroatoms. The summed E-state index contributed by atoms with van der Waals surface area (Å²) in [6.07, 6.45) is 2.16. The molecule has 0 heterocycles. The molecule has 1 aliphatic rings. The fourth-order valence-electron chi connectivity index (χ4n) is 3.74. The first-order chi connectivity index (χ1) is 13.9. The summed E-state index contributed by atoms with van der Waals surface area (Å²) in [7, 11) is 5.57. The predicted octanol–water partition coefficient (Wildman–Crippen LogP) is 4.08. The number of anilines is 1. The van der Waals surface area contributed by atoms with Gasteiger partial charge < -0.3 is 14.4 Å². The fraction of sp³-hybridized carbons (Fsp3) is 0.333. The minimum absolute atomic E-state index is 0.214. The molecule has 5 nitrogen and oxygen atoms in total. The first-order valence-electron chi connectivity index (χ1n) is 9.77. The van der Waals surface area contributed by atoms with E-state index in [2.05, 4.69) is 0 Å². The standard InChI is InChI=1S/C24H27NO4/c1-5-29-24(27)23-21(16-9-11-19(12-10-16)25(2)3)14-18(15-22(23)26)17-7-6-8-20(13-17)28-4/h6-13,15,21,23H,5,14H2,1-4H3. The van der Waals surface area contributed by atoms with E-state index < -0.39 is 11.9 Å². The molecule has 1 aliphatic carbocycles. The second kappa shape index (κ2) is 8.95. The average Bonchev–Trinajstić information content (AvgIpc) is 2.73. The topological polar surface area (TPSA) is 55.8 Å². The minimum atomic E-state index is -0.825. The number of carbonyl (C=O) groups excluding carboxylic acids is 2. The highest BCUT2D eigenvalue weighted by Gasteiger charge is 2.39. The Hall–Kier alpha value is -3.08. The molecule has 0 amide bonds. The molecule has 152 valence electrons. The third-order valence-electron chi connectivity index (χ3n) is 5.28. The van der Waals surface area contributed by atoms with Crippen LogP contribution in [0.1, 0.15) is 30.4 Å². The maximum atomic E-state index is 13.0. The Kier molecular flexibility index (Phi) is 6.37. The molecule has 0 saturated carbocycles. The molecule has 2 atom stereocenters. The molecule has 0 aromatic heterocycles. The van der Waals surface area contributed by atoms with E-state index in [1.807, 2.05) is 67.5 Å². The lowest BCUT2D eigenvalue weighted by molar-refractivity contribution is -0.151. The Morgan fingerprint density at radius 2 is 1.86 bits per heavy atom. The Morgan fingerprint density at radius 1 is 1.14 bits per heavy atom. The molecule has 0 spiro atoms. The quantitative estimate of drug-likeness (QED) is 0.547. The summed E-state index contributed by atoms with van der Waals surface area (Å²) in [5.41, 5.74) is 3.84. The van der Waals surface area contributed by atoms with Crippen LogP contribution >= 0.6 is 0 Å². The maximum Gasteiger partial charge on any atom is 0.317 e. The average molecular weight is 393 g/mol. The Bertz CT molecular complexity index is 915. The molecule has 0 N–H and O–H groups in total. The van der Waals surface area contributed by atoms with Gasteiger partial charge in [0.15, 0.2) is 5.78 Å². The third-order valence-corrected chi connectivity index (χ3v) is 5.28. The van der Waals surface area contributed by atoms with Crippen molar-refractivity contribution in [3.05, 3.63) is 65.7 Å². The van der Waals surface area contributed by atoms with Gasteiger partial charge in [-0.25, -0.2) is 0 Å². The molecule has 2 aromatic carbocycles. The van der Waals surface area contributed by atoms with E-state index in [9.17, 15) is 9.59 Å². The van der Waals surface area contributed by atoms with E-state index in [1.54, 1.807) is 20.1 Å². The number of ketones is 1. The smallest absolute Gasteiger partial charge is 0.317 e. The lowest BCUT2D eigenvalue weighted by atomic mass is 9.73. The molecular formula is C24H27NO4. The van der Waals surface area contributed by atoms with Crippen LogP contribution in [0.25, 0.3) is 5.57 Å². The maximum absolute atomic E-state index is 13.0. The molecule has 0 bridgehead atoms. The molecule has 0 fully saturated rings. The van der Waals surface area contributed by atoms with Gasteiger partial charge in [0.05, 0.1) is 13.7 Å². The van der Waals surface area contributed by atoms with E-state index >= 15 is 0 Å². The van der Waals surface area contributed by atoms with Crippen LogP contribution in [0.3, 0.4) is 0 Å². The number of benzene rings is 2. The van der Waals surface area contributed by atoms with Crippen LogP contribution in [0.15, 0.2) is 54.6 Å². The molecule has 2 unspecified atom stereocenters. The lowest BCUT2D eigenvalue weighted by Gasteiger charge is -2.30. The van der Waals surface area contributed by atoms with Gasteiger partial charge in [-0.05, 0) is 60.4 Å². The number of esters is 1. The van der Waals surface area contributed by atoms with Gasteiger partial charge in [0, 0.05) is 25.7 Å². The van der Waals surface area contributed by atoms with Crippen molar-refractivity contribution in [2.45, 2.75) is 19.3 Å². The van der Waals surface area contributed by atoms with E-state index in [0.29, 0.717) is 6.42 Å². The number of hydrogen-bond acceptors (Lipinski definition) is 5. The number of carbonyl (C=O) groups is 2. The zero-order chi connectivity index (χ0) is 21.0. The predicted molar refractivity (Wildman–Crippen MR) is 114 cm³/mol. The lowest BCUT2D eigenvalue weighted by Crippen LogP contribution is -2.34. The van der Waals surface area contributed by atoms with Crippen LogP contribution in [0.2, 0.25) is 0 Å². The van der Waals surface area contributed by atoms with Gasteiger partial charge in [-0.2, -0.15) is 0 Å². The van der Waals surface area contributed by atoms with Crippen molar-refractivity contribution in [1.82, 2.24) is 0 Å². The van der Waals surface area contributed by atoms with Gasteiger partial charge in [0.25, 0.3) is 0 Å². The number of ether oxygens (including phenoxy) is 2. The van der Waals surface area contributed by atoms with Crippen LogP contribution in [0.5, 0.6) is 5.75 Å². The first kappa shape index (κ1) is 20.6. The summed E-state index contributed by atoms with van der Waals surface area (Å²) < 4.78 is 10.5. The SMILES string of the molecule is CCOC(=O)C1C(=O)C=C(c2cccc(OC)c2)CC1c1ccc(N(C)C)cc1. The van der Waals surface area contributed by atoms with Gasteiger partial charge in [0.2, 0.25) is 0 Å². The summed E-state index contributed by atoms with van der Waals surface area (Å²) in [4.78, 5) is 27.6.